The highest BCUT2D eigenvalue weighted by atomic mass is 79.9. The van der Waals surface area contributed by atoms with Gasteiger partial charge in [-0.05, 0) is 65.7 Å². The summed E-state index contributed by atoms with van der Waals surface area (Å²) in [6.07, 6.45) is 4.33. The average Bonchev–Trinajstić information content (AvgIpc) is 3.42. The van der Waals surface area contributed by atoms with Crippen molar-refractivity contribution >= 4 is 43.5 Å². The molecule has 7 nitrogen and oxygen atoms in total. The van der Waals surface area contributed by atoms with Gasteiger partial charge in [0.05, 0.1) is 4.90 Å². The lowest BCUT2D eigenvalue weighted by Crippen LogP contribution is -2.43. The number of sulfonamides is 1. The molecule has 0 spiro atoms. The Labute approximate surface area is 186 Å². The Kier molecular flexibility index (Phi) is 6.23. The number of halogens is 1. The largest absolute Gasteiger partial charge is 0.342 e. The Morgan fingerprint density at radius 3 is 2.37 bits per heavy atom. The van der Waals surface area contributed by atoms with Gasteiger partial charge in [-0.25, -0.2) is 8.42 Å². The zero-order valence-corrected chi connectivity index (χ0v) is 19.7. The van der Waals surface area contributed by atoms with Crippen molar-refractivity contribution in [2.75, 3.05) is 37.6 Å². The van der Waals surface area contributed by atoms with Gasteiger partial charge in [-0.1, -0.05) is 6.92 Å². The molecule has 0 unspecified atom stereocenters. The number of hydrogen-bond acceptors (Lipinski definition) is 4. The van der Waals surface area contributed by atoms with Gasteiger partial charge >= 0.3 is 0 Å². The molecular formula is C21H28BrN3O4S. The Morgan fingerprint density at radius 2 is 1.73 bits per heavy atom. The molecule has 0 N–H and O–H groups in total. The number of carbonyl (C=O) groups excluding carboxylic acids is 2. The van der Waals surface area contributed by atoms with Crippen LogP contribution >= 0.6 is 15.9 Å². The second-order valence-corrected chi connectivity index (χ2v) is 11.0. The van der Waals surface area contributed by atoms with E-state index < -0.39 is 10.0 Å². The van der Waals surface area contributed by atoms with E-state index >= 15 is 0 Å². The Hall–Kier alpha value is -1.45. The monoisotopic (exact) mass is 497 g/mol. The molecule has 1 aromatic carbocycles. The molecule has 2 fully saturated rings. The molecule has 2 saturated heterocycles. The number of likely N-dealkylation sites (tertiary alicyclic amines) is 1. The number of anilines is 1. The van der Waals surface area contributed by atoms with Crippen LogP contribution in [0.3, 0.4) is 0 Å². The summed E-state index contributed by atoms with van der Waals surface area (Å²) >= 11 is 3.44. The van der Waals surface area contributed by atoms with E-state index in [4.69, 9.17) is 0 Å². The second kappa shape index (κ2) is 8.59. The van der Waals surface area contributed by atoms with Crippen molar-refractivity contribution in [2.45, 2.75) is 50.3 Å². The fraction of sp³-hybridized carbons (Fsp3) is 0.619. The molecule has 0 radical (unpaired) electrons. The third-order valence-electron chi connectivity index (χ3n) is 6.47. The minimum Gasteiger partial charge on any atom is -0.342 e. The summed E-state index contributed by atoms with van der Waals surface area (Å²) in [5.41, 5.74) is 1.68. The highest BCUT2D eigenvalue weighted by Gasteiger charge is 2.36. The van der Waals surface area contributed by atoms with Crippen molar-refractivity contribution < 1.29 is 18.0 Å². The molecule has 2 amide bonds. The number of benzene rings is 1. The lowest BCUT2D eigenvalue weighted by molar-refractivity contribution is -0.135. The van der Waals surface area contributed by atoms with Gasteiger partial charge in [-0.2, -0.15) is 4.31 Å². The first-order valence-electron chi connectivity index (χ1n) is 10.7. The van der Waals surface area contributed by atoms with Gasteiger partial charge in [-0.3, -0.25) is 9.59 Å². The molecule has 164 valence electrons. The van der Waals surface area contributed by atoms with Gasteiger partial charge in [0.2, 0.25) is 21.8 Å². The van der Waals surface area contributed by atoms with E-state index in [1.807, 2.05) is 17.9 Å². The first kappa shape index (κ1) is 21.8. The number of rotatable bonds is 4. The highest BCUT2D eigenvalue weighted by molar-refractivity contribution is 9.10. The maximum Gasteiger partial charge on any atom is 0.244 e. The third kappa shape index (κ3) is 3.91. The van der Waals surface area contributed by atoms with Gasteiger partial charge in [0.1, 0.15) is 0 Å². The highest BCUT2D eigenvalue weighted by Crippen LogP contribution is 2.37. The van der Waals surface area contributed by atoms with E-state index in [2.05, 4.69) is 15.9 Å². The number of amides is 2. The number of hydrogen-bond donors (Lipinski definition) is 0. The predicted molar refractivity (Wildman–Crippen MR) is 118 cm³/mol. The summed E-state index contributed by atoms with van der Waals surface area (Å²) in [6, 6.07) is 3.46. The molecule has 4 rings (SSSR count). The van der Waals surface area contributed by atoms with Crippen LogP contribution in [0.15, 0.2) is 21.5 Å². The number of fused-ring (bicyclic) bond motifs is 1. The fourth-order valence-electron chi connectivity index (χ4n) is 4.71. The SMILES string of the molecule is CCC(=O)N1CCc2cc(Br)c(S(=O)(=O)N3CCC(C(=O)N4CCCC4)CC3)cc21. The molecule has 3 aliphatic rings. The quantitative estimate of drug-likeness (QED) is 0.640. The van der Waals surface area contributed by atoms with Gasteiger partial charge in [-0.15, -0.1) is 0 Å². The molecule has 9 heteroatoms. The van der Waals surface area contributed by atoms with Crippen LogP contribution in [0.1, 0.15) is 44.6 Å². The average molecular weight is 498 g/mol. The van der Waals surface area contributed by atoms with Gasteiger partial charge in [0, 0.05) is 55.2 Å². The van der Waals surface area contributed by atoms with E-state index in [0.29, 0.717) is 49.1 Å². The normalized spacial score (nSPS) is 20.6. The Bertz CT molecular complexity index is 951. The molecule has 3 heterocycles. The summed E-state index contributed by atoms with van der Waals surface area (Å²) in [4.78, 5) is 28.7. The van der Waals surface area contributed by atoms with Crippen molar-refractivity contribution in [2.24, 2.45) is 5.92 Å². The maximum atomic E-state index is 13.4. The summed E-state index contributed by atoms with van der Waals surface area (Å²) in [5, 5.41) is 0. The van der Waals surface area contributed by atoms with Crippen LogP contribution in [-0.4, -0.2) is 62.2 Å². The Balaban J connectivity index is 1.52. The molecular weight excluding hydrogens is 470 g/mol. The van der Waals surface area contributed by atoms with Crippen molar-refractivity contribution in [3.05, 3.63) is 22.2 Å². The lowest BCUT2D eigenvalue weighted by Gasteiger charge is -2.32. The lowest BCUT2D eigenvalue weighted by atomic mass is 9.97. The maximum absolute atomic E-state index is 13.4. The van der Waals surface area contributed by atoms with Crippen molar-refractivity contribution in [3.8, 4) is 0 Å². The van der Waals surface area contributed by atoms with Crippen LogP contribution in [0, 0.1) is 5.92 Å². The molecule has 0 saturated carbocycles. The van der Waals surface area contributed by atoms with E-state index in [9.17, 15) is 18.0 Å². The smallest absolute Gasteiger partial charge is 0.244 e. The van der Waals surface area contributed by atoms with Crippen molar-refractivity contribution in [3.63, 3.8) is 0 Å². The Morgan fingerprint density at radius 1 is 1.07 bits per heavy atom. The topological polar surface area (TPSA) is 78.0 Å². The van der Waals surface area contributed by atoms with E-state index in [1.54, 1.807) is 11.0 Å². The minimum absolute atomic E-state index is 0.000611. The minimum atomic E-state index is -3.71. The number of piperidine rings is 1. The zero-order chi connectivity index (χ0) is 21.5. The van der Waals surface area contributed by atoms with E-state index in [1.165, 1.54) is 4.31 Å². The summed E-state index contributed by atoms with van der Waals surface area (Å²) in [5.74, 6) is 0.0910. The van der Waals surface area contributed by atoms with Crippen molar-refractivity contribution in [1.82, 2.24) is 9.21 Å². The van der Waals surface area contributed by atoms with Crippen LogP contribution in [0.4, 0.5) is 5.69 Å². The molecule has 30 heavy (non-hydrogen) atoms. The molecule has 0 bridgehead atoms. The van der Waals surface area contributed by atoms with Crippen LogP contribution in [0.5, 0.6) is 0 Å². The summed E-state index contributed by atoms with van der Waals surface area (Å²) in [6.45, 7) is 4.73. The third-order valence-corrected chi connectivity index (χ3v) is 9.33. The van der Waals surface area contributed by atoms with Crippen molar-refractivity contribution in [1.29, 1.82) is 0 Å². The van der Waals surface area contributed by atoms with Gasteiger partial charge in [0.15, 0.2) is 0 Å². The molecule has 0 atom stereocenters. The summed E-state index contributed by atoms with van der Waals surface area (Å²) in [7, 11) is -3.71. The van der Waals surface area contributed by atoms with Crippen LogP contribution in [0.2, 0.25) is 0 Å². The zero-order valence-electron chi connectivity index (χ0n) is 17.3. The van der Waals surface area contributed by atoms with Gasteiger partial charge < -0.3 is 9.80 Å². The van der Waals surface area contributed by atoms with Gasteiger partial charge in [0.25, 0.3) is 0 Å². The fourth-order valence-corrected chi connectivity index (χ4v) is 7.25. The molecule has 1 aromatic rings. The van der Waals surface area contributed by atoms with Crippen LogP contribution in [0.25, 0.3) is 0 Å². The first-order chi connectivity index (χ1) is 14.3. The molecule has 0 aliphatic carbocycles. The second-order valence-electron chi connectivity index (χ2n) is 8.27. The van der Waals surface area contributed by atoms with Crippen LogP contribution in [-0.2, 0) is 26.0 Å². The first-order valence-corrected chi connectivity index (χ1v) is 13.0. The van der Waals surface area contributed by atoms with E-state index in [-0.39, 0.29) is 22.6 Å². The van der Waals surface area contributed by atoms with E-state index in [0.717, 1.165) is 37.9 Å². The number of nitrogens with zero attached hydrogens (tertiary/aromatic N) is 3. The predicted octanol–water partition coefficient (Wildman–Crippen LogP) is 2.77. The molecule has 0 aromatic heterocycles. The number of carbonyl (C=O) groups is 2. The van der Waals surface area contributed by atoms with Crippen LogP contribution < -0.4 is 4.90 Å². The summed E-state index contributed by atoms with van der Waals surface area (Å²) < 4.78 is 28.8. The molecule has 3 aliphatic heterocycles. The standard InChI is InChI=1S/C21H28BrN3O4S/c1-2-20(26)25-12-7-16-13-17(22)19(14-18(16)25)30(28,29)24-10-5-15(6-11-24)21(27)23-8-3-4-9-23/h13-15H,2-12H2,1H3.